The van der Waals surface area contributed by atoms with Crippen molar-refractivity contribution in [3.05, 3.63) is 0 Å². The van der Waals surface area contributed by atoms with Crippen LogP contribution >= 0.6 is 0 Å². The summed E-state index contributed by atoms with van der Waals surface area (Å²) in [5.74, 6) is 0. The van der Waals surface area contributed by atoms with E-state index in [9.17, 15) is 0 Å². The Bertz CT molecular complexity index is 223. The first-order valence-corrected chi connectivity index (χ1v) is 8.47. The molecule has 1 fully saturated rings. The summed E-state index contributed by atoms with van der Waals surface area (Å²) in [7, 11) is 1.17. The minimum Gasteiger partial charge on any atom is -0.360 e. The van der Waals surface area contributed by atoms with Crippen LogP contribution in [-0.2, 0) is 0 Å². The van der Waals surface area contributed by atoms with Crippen molar-refractivity contribution in [2.75, 3.05) is 19.6 Å². The summed E-state index contributed by atoms with van der Waals surface area (Å²) in [5, 5.41) is 0. The molecule has 1 aliphatic heterocycles. The Balaban J connectivity index is 2.88. The van der Waals surface area contributed by atoms with Crippen LogP contribution in [0.1, 0.15) is 53.9 Å². The minimum absolute atomic E-state index is 0.651. The van der Waals surface area contributed by atoms with Gasteiger partial charge in [0.15, 0.2) is 0 Å². The predicted octanol–water partition coefficient (Wildman–Crippen LogP) is 2.42. The molecule has 0 spiro atoms. The average Bonchev–Trinajstić information content (AvgIpc) is 2.40. The molecule has 6 heteroatoms. The van der Waals surface area contributed by atoms with E-state index < -0.39 is 0 Å². The van der Waals surface area contributed by atoms with Gasteiger partial charge in [0.25, 0.3) is 21.5 Å². The summed E-state index contributed by atoms with van der Waals surface area (Å²) in [6.45, 7) is 16.6. The zero-order valence-electron chi connectivity index (χ0n) is 13.9. The van der Waals surface area contributed by atoms with Gasteiger partial charge in [0, 0.05) is 0 Å². The molecule has 0 radical (unpaired) electrons. The standard InChI is InChI=1S/C13H32B3N3/c1-6-11-17-14-18(12-7-2)16(10-5)19(13-8-3)15(17)9-4/h14H,6-13H2,1-5H3. The van der Waals surface area contributed by atoms with Gasteiger partial charge in [-0.25, -0.2) is 0 Å². The molecule has 0 saturated carbocycles. The zero-order valence-corrected chi connectivity index (χ0v) is 13.9. The van der Waals surface area contributed by atoms with Crippen molar-refractivity contribution in [2.24, 2.45) is 0 Å². The first kappa shape index (κ1) is 17.1. The fourth-order valence-corrected chi connectivity index (χ4v) is 3.60. The van der Waals surface area contributed by atoms with Crippen molar-refractivity contribution in [3.8, 4) is 0 Å². The Morgan fingerprint density at radius 3 is 1.42 bits per heavy atom. The van der Waals surface area contributed by atoms with E-state index in [0.717, 1.165) is 0 Å². The lowest BCUT2D eigenvalue weighted by Crippen LogP contribution is -2.72. The SMILES string of the molecule is CCCN1BN(CCC)B(CC)N(CCC)B1CC. The topological polar surface area (TPSA) is 9.72 Å². The maximum Gasteiger partial charge on any atom is 0.289 e. The van der Waals surface area contributed by atoms with E-state index >= 15 is 0 Å². The summed E-state index contributed by atoms with van der Waals surface area (Å²) in [6.07, 6.45) is 6.26. The van der Waals surface area contributed by atoms with Gasteiger partial charge in [-0.2, -0.15) is 0 Å². The number of nitrogens with zero attached hydrogens (tertiary/aromatic N) is 3. The Morgan fingerprint density at radius 1 is 0.684 bits per heavy atom. The van der Waals surface area contributed by atoms with Gasteiger partial charge < -0.3 is 14.2 Å². The molecule has 1 rings (SSSR count). The Kier molecular flexibility index (Phi) is 8.20. The number of rotatable bonds is 8. The van der Waals surface area contributed by atoms with E-state index in [0.29, 0.717) is 14.0 Å². The first-order valence-electron chi connectivity index (χ1n) is 8.47. The van der Waals surface area contributed by atoms with Crippen molar-refractivity contribution in [1.82, 2.24) is 14.2 Å². The highest BCUT2D eigenvalue weighted by atomic mass is 15.3. The highest BCUT2D eigenvalue weighted by molar-refractivity contribution is 6.80. The zero-order chi connectivity index (χ0) is 14.3. The van der Waals surface area contributed by atoms with Crippen LogP contribution in [0, 0.1) is 0 Å². The van der Waals surface area contributed by atoms with E-state index in [1.54, 1.807) is 0 Å². The highest BCUT2D eigenvalue weighted by Gasteiger charge is 2.42. The van der Waals surface area contributed by atoms with Gasteiger partial charge in [-0.15, -0.1) is 0 Å². The van der Waals surface area contributed by atoms with Gasteiger partial charge >= 0.3 is 0 Å². The molecule has 0 aromatic heterocycles. The molecule has 1 saturated heterocycles. The third-order valence-electron chi connectivity index (χ3n) is 4.21. The van der Waals surface area contributed by atoms with E-state index in [4.69, 9.17) is 0 Å². The second-order valence-corrected chi connectivity index (χ2v) is 5.78. The van der Waals surface area contributed by atoms with Gasteiger partial charge in [0.1, 0.15) is 0 Å². The molecule has 0 atom stereocenters. The monoisotopic (exact) mass is 263 g/mol. The van der Waals surface area contributed by atoms with Crippen LogP contribution in [0.3, 0.4) is 0 Å². The predicted molar refractivity (Wildman–Crippen MR) is 90.6 cm³/mol. The first-order chi connectivity index (χ1) is 9.23. The van der Waals surface area contributed by atoms with Crippen LogP contribution < -0.4 is 0 Å². The Hall–Kier alpha value is 0.0748. The quantitative estimate of drug-likeness (QED) is 0.622. The van der Waals surface area contributed by atoms with Gasteiger partial charge in [0.05, 0.1) is 0 Å². The summed E-state index contributed by atoms with van der Waals surface area (Å²) in [4.78, 5) is 0. The lowest BCUT2D eigenvalue weighted by atomic mass is 9.47. The molecule has 3 nitrogen and oxygen atoms in total. The van der Waals surface area contributed by atoms with E-state index in [2.05, 4.69) is 48.8 Å². The Labute approximate surface area is 122 Å². The lowest BCUT2D eigenvalue weighted by Gasteiger charge is -2.50. The van der Waals surface area contributed by atoms with Crippen LogP contribution in [0.5, 0.6) is 0 Å². The molecule has 19 heavy (non-hydrogen) atoms. The third-order valence-corrected chi connectivity index (χ3v) is 4.21. The lowest BCUT2D eigenvalue weighted by molar-refractivity contribution is 0.436. The van der Waals surface area contributed by atoms with Crippen molar-refractivity contribution in [2.45, 2.75) is 66.5 Å². The summed E-state index contributed by atoms with van der Waals surface area (Å²) in [5.41, 5.74) is 0. The van der Waals surface area contributed by atoms with Crippen LogP contribution in [0.4, 0.5) is 0 Å². The molecule has 0 N–H and O–H groups in total. The summed E-state index contributed by atoms with van der Waals surface area (Å²) >= 11 is 0. The summed E-state index contributed by atoms with van der Waals surface area (Å²) in [6, 6.07) is 0. The van der Waals surface area contributed by atoms with Crippen LogP contribution in [0.25, 0.3) is 0 Å². The molecule has 0 aliphatic carbocycles. The molecule has 0 bridgehead atoms. The van der Waals surface area contributed by atoms with E-state index in [1.165, 1.54) is 59.1 Å². The molecule has 0 aromatic rings. The second kappa shape index (κ2) is 9.09. The number of hydrogen-bond donors (Lipinski definition) is 0. The summed E-state index contributed by atoms with van der Waals surface area (Å²) < 4.78 is 8.14. The van der Waals surface area contributed by atoms with Crippen LogP contribution in [-0.4, -0.2) is 55.3 Å². The second-order valence-electron chi connectivity index (χ2n) is 5.78. The molecule has 108 valence electrons. The molecule has 0 aromatic carbocycles. The largest absolute Gasteiger partial charge is 0.360 e. The van der Waals surface area contributed by atoms with Gasteiger partial charge in [-0.3, -0.25) is 0 Å². The van der Waals surface area contributed by atoms with Crippen molar-refractivity contribution >= 4 is 21.5 Å². The smallest absolute Gasteiger partial charge is 0.289 e. The molecule has 1 heterocycles. The third kappa shape index (κ3) is 4.27. The van der Waals surface area contributed by atoms with Gasteiger partial charge in [0.2, 0.25) is 0 Å². The van der Waals surface area contributed by atoms with Crippen LogP contribution in [0.2, 0.25) is 12.6 Å². The Morgan fingerprint density at radius 2 is 1.11 bits per heavy atom. The van der Waals surface area contributed by atoms with E-state index in [1.807, 2.05) is 0 Å². The number of hydrogen-bond acceptors (Lipinski definition) is 3. The maximum absolute atomic E-state index is 2.76. The normalized spacial score (nSPS) is 19.0. The highest BCUT2D eigenvalue weighted by Crippen LogP contribution is 2.20. The van der Waals surface area contributed by atoms with Crippen molar-refractivity contribution in [1.29, 1.82) is 0 Å². The molecular weight excluding hydrogens is 231 g/mol. The molecular formula is C13H32B3N3. The fraction of sp³-hybridized carbons (Fsp3) is 1.00. The van der Waals surface area contributed by atoms with Crippen molar-refractivity contribution < 1.29 is 0 Å². The van der Waals surface area contributed by atoms with Crippen molar-refractivity contribution in [3.63, 3.8) is 0 Å². The molecule has 0 amide bonds. The van der Waals surface area contributed by atoms with Gasteiger partial charge in [-0.05, 0) is 51.5 Å². The molecule has 0 unspecified atom stereocenters. The fourth-order valence-electron chi connectivity index (χ4n) is 3.60. The van der Waals surface area contributed by atoms with E-state index in [-0.39, 0.29) is 0 Å². The molecule has 1 aliphatic rings. The minimum atomic E-state index is 0.651. The maximum atomic E-state index is 2.76. The van der Waals surface area contributed by atoms with Gasteiger partial charge in [-0.1, -0.05) is 34.6 Å². The van der Waals surface area contributed by atoms with Crippen LogP contribution in [0.15, 0.2) is 0 Å². The average molecular weight is 263 g/mol.